The third-order valence-electron chi connectivity index (χ3n) is 3.72. The van der Waals surface area contributed by atoms with Gasteiger partial charge in [-0.15, -0.1) is 0 Å². The van der Waals surface area contributed by atoms with Gasteiger partial charge in [-0.05, 0) is 39.5 Å². The molecule has 0 aromatic rings. The van der Waals surface area contributed by atoms with Crippen molar-refractivity contribution in [2.24, 2.45) is 0 Å². The van der Waals surface area contributed by atoms with Gasteiger partial charge in [0.25, 0.3) is 0 Å². The van der Waals surface area contributed by atoms with Gasteiger partial charge in [-0.2, -0.15) is 0 Å². The standard InChI is InChI=1S/C13H25NO3/c1-12(2,15)10-14-11-3-6-17-13(9-11)4-7-16-8-5-13/h11,14-15H,3-10H2,1-2H3. The Labute approximate surface area is 104 Å². The van der Waals surface area contributed by atoms with Gasteiger partial charge in [-0.25, -0.2) is 0 Å². The van der Waals surface area contributed by atoms with Gasteiger partial charge in [-0.1, -0.05) is 0 Å². The van der Waals surface area contributed by atoms with E-state index in [4.69, 9.17) is 9.47 Å². The molecule has 1 atom stereocenters. The summed E-state index contributed by atoms with van der Waals surface area (Å²) < 4.78 is 11.4. The molecule has 0 bridgehead atoms. The Kier molecular flexibility index (Phi) is 4.08. The molecule has 2 aliphatic heterocycles. The maximum atomic E-state index is 9.74. The van der Waals surface area contributed by atoms with Crippen molar-refractivity contribution in [3.63, 3.8) is 0 Å². The number of aliphatic hydroxyl groups is 1. The Morgan fingerprint density at radius 2 is 2.00 bits per heavy atom. The maximum Gasteiger partial charge on any atom is 0.0741 e. The summed E-state index contributed by atoms with van der Waals surface area (Å²) in [5.74, 6) is 0. The van der Waals surface area contributed by atoms with Crippen molar-refractivity contribution in [3.8, 4) is 0 Å². The molecule has 17 heavy (non-hydrogen) atoms. The highest BCUT2D eigenvalue weighted by Crippen LogP contribution is 2.34. The molecule has 2 rings (SSSR count). The fourth-order valence-corrected chi connectivity index (χ4v) is 2.69. The Balaban J connectivity index is 1.84. The number of nitrogens with one attached hydrogen (secondary N) is 1. The van der Waals surface area contributed by atoms with Crippen molar-refractivity contribution in [1.82, 2.24) is 5.32 Å². The highest BCUT2D eigenvalue weighted by Gasteiger charge is 2.39. The summed E-state index contributed by atoms with van der Waals surface area (Å²) in [6.45, 7) is 6.78. The van der Waals surface area contributed by atoms with Gasteiger partial charge in [0.15, 0.2) is 0 Å². The molecule has 2 aliphatic rings. The maximum absolute atomic E-state index is 9.74. The predicted molar refractivity (Wildman–Crippen MR) is 66.1 cm³/mol. The molecule has 0 aromatic carbocycles. The monoisotopic (exact) mass is 243 g/mol. The second-order valence-corrected chi connectivity index (χ2v) is 6.03. The zero-order valence-electron chi connectivity index (χ0n) is 11.0. The minimum atomic E-state index is -0.638. The van der Waals surface area contributed by atoms with Gasteiger partial charge >= 0.3 is 0 Å². The number of hydrogen-bond acceptors (Lipinski definition) is 4. The zero-order valence-corrected chi connectivity index (χ0v) is 11.0. The molecule has 2 heterocycles. The molecule has 0 aliphatic carbocycles. The lowest BCUT2D eigenvalue weighted by Crippen LogP contribution is -2.51. The van der Waals surface area contributed by atoms with Crippen LogP contribution in [0.1, 0.15) is 39.5 Å². The smallest absolute Gasteiger partial charge is 0.0741 e. The minimum Gasteiger partial charge on any atom is -0.389 e. The summed E-state index contributed by atoms with van der Waals surface area (Å²) in [5, 5.41) is 13.2. The molecular weight excluding hydrogens is 218 g/mol. The van der Waals surface area contributed by atoms with Crippen LogP contribution in [0.5, 0.6) is 0 Å². The molecule has 4 nitrogen and oxygen atoms in total. The second-order valence-electron chi connectivity index (χ2n) is 6.03. The van der Waals surface area contributed by atoms with Gasteiger partial charge in [0, 0.05) is 32.4 Å². The lowest BCUT2D eigenvalue weighted by Gasteiger charge is -2.44. The van der Waals surface area contributed by atoms with Crippen molar-refractivity contribution in [2.75, 3.05) is 26.4 Å². The van der Waals surface area contributed by atoms with Crippen molar-refractivity contribution >= 4 is 0 Å². The summed E-state index contributed by atoms with van der Waals surface area (Å²) in [4.78, 5) is 0. The van der Waals surface area contributed by atoms with Gasteiger partial charge in [0.1, 0.15) is 0 Å². The summed E-state index contributed by atoms with van der Waals surface area (Å²) >= 11 is 0. The molecule has 2 saturated heterocycles. The van der Waals surface area contributed by atoms with E-state index in [9.17, 15) is 5.11 Å². The summed E-state index contributed by atoms with van der Waals surface area (Å²) in [6, 6.07) is 0.466. The van der Waals surface area contributed by atoms with Gasteiger partial charge in [0.2, 0.25) is 0 Å². The van der Waals surface area contributed by atoms with E-state index in [1.807, 2.05) is 13.8 Å². The van der Waals surface area contributed by atoms with Crippen LogP contribution in [0.25, 0.3) is 0 Å². The Morgan fingerprint density at radius 1 is 1.29 bits per heavy atom. The van der Waals surface area contributed by atoms with Gasteiger partial charge < -0.3 is 19.9 Å². The van der Waals surface area contributed by atoms with E-state index < -0.39 is 5.60 Å². The van der Waals surface area contributed by atoms with Crippen molar-refractivity contribution in [2.45, 2.75) is 56.8 Å². The van der Waals surface area contributed by atoms with E-state index >= 15 is 0 Å². The first-order chi connectivity index (χ1) is 7.99. The van der Waals surface area contributed by atoms with E-state index in [2.05, 4.69) is 5.32 Å². The molecule has 0 radical (unpaired) electrons. The van der Waals surface area contributed by atoms with Gasteiger partial charge in [0.05, 0.1) is 11.2 Å². The molecule has 2 N–H and O–H groups in total. The molecular formula is C13H25NO3. The Hall–Kier alpha value is -0.160. The van der Waals surface area contributed by atoms with E-state index in [0.717, 1.165) is 45.5 Å². The lowest BCUT2D eigenvalue weighted by molar-refractivity contribution is -0.141. The van der Waals surface area contributed by atoms with Crippen LogP contribution >= 0.6 is 0 Å². The fraction of sp³-hybridized carbons (Fsp3) is 1.00. The average molecular weight is 243 g/mol. The topological polar surface area (TPSA) is 50.7 Å². The van der Waals surface area contributed by atoms with Crippen LogP contribution in [0.4, 0.5) is 0 Å². The first-order valence-corrected chi connectivity index (χ1v) is 6.67. The van der Waals surface area contributed by atoms with Crippen LogP contribution in [-0.4, -0.2) is 48.7 Å². The quantitative estimate of drug-likeness (QED) is 0.778. The Bertz CT molecular complexity index is 238. The van der Waals surface area contributed by atoms with Crippen LogP contribution in [0, 0.1) is 0 Å². The van der Waals surface area contributed by atoms with Crippen LogP contribution in [0.2, 0.25) is 0 Å². The van der Waals surface area contributed by atoms with E-state index in [0.29, 0.717) is 12.6 Å². The molecule has 4 heteroatoms. The molecule has 2 fully saturated rings. The van der Waals surface area contributed by atoms with Crippen LogP contribution in [-0.2, 0) is 9.47 Å². The average Bonchev–Trinajstić information content (AvgIpc) is 2.27. The zero-order chi connectivity index (χ0) is 12.4. The van der Waals surface area contributed by atoms with Crippen molar-refractivity contribution < 1.29 is 14.6 Å². The second kappa shape index (κ2) is 5.22. The first-order valence-electron chi connectivity index (χ1n) is 6.67. The third kappa shape index (κ3) is 3.91. The largest absolute Gasteiger partial charge is 0.389 e. The number of rotatable bonds is 3. The van der Waals surface area contributed by atoms with E-state index in [1.165, 1.54) is 0 Å². The number of ether oxygens (including phenoxy) is 2. The SMILES string of the molecule is CC(C)(O)CNC1CCOC2(CCOCC2)C1. The molecule has 0 saturated carbocycles. The minimum absolute atomic E-state index is 0.0355. The van der Waals surface area contributed by atoms with Crippen molar-refractivity contribution in [1.29, 1.82) is 0 Å². The normalized spacial score (nSPS) is 29.5. The molecule has 1 unspecified atom stereocenters. The van der Waals surface area contributed by atoms with E-state index in [1.54, 1.807) is 0 Å². The fourth-order valence-electron chi connectivity index (χ4n) is 2.69. The third-order valence-corrected chi connectivity index (χ3v) is 3.72. The lowest BCUT2D eigenvalue weighted by atomic mass is 9.84. The van der Waals surface area contributed by atoms with Crippen LogP contribution in [0.3, 0.4) is 0 Å². The molecule has 1 spiro atoms. The highest BCUT2D eigenvalue weighted by molar-refractivity contribution is 4.92. The molecule has 0 amide bonds. The number of hydrogen-bond donors (Lipinski definition) is 2. The summed E-state index contributed by atoms with van der Waals surface area (Å²) in [6.07, 6.45) is 4.10. The van der Waals surface area contributed by atoms with E-state index in [-0.39, 0.29) is 5.60 Å². The Morgan fingerprint density at radius 3 is 2.65 bits per heavy atom. The van der Waals surface area contributed by atoms with Crippen molar-refractivity contribution in [3.05, 3.63) is 0 Å². The first kappa shape index (κ1) is 13.3. The highest BCUT2D eigenvalue weighted by atomic mass is 16.5. The molecule has 0 aromatic heterocycles. The van der Waals surface area contributed by atoms with Crippen LogP contribution in [0.15, 0.2) is 0 Å². The predicted octanol–water partition coefficient (Wildman–Crippen LogP) is 1.08. The summed E-state index contributed by atoms with van der Waals surface area (Å²) in [5.41, 5.74) is -0.602. The molecule has 100 valence electrons. The van der Waals surface area contributed by atoms with Gasteiger partial charge in [-0.3, -0.25) is 0 Å². The summed E-state index contributed by atoms with van der Waals surface area (Å²) in [7, 11) is 0. The van der Waals surface area contributed by atoms with Crippen LogP contribution < -0.4 is 5.32 Å².